The molecule has 31 heavy (non-hydrogen) atoms. The highest BCUT2D eigenvalue weighted by atomic mass is 16.7. The molecule has 0 unspecified atom stereocenters. The summed E-state index contributed by atoms with van der Waals surface area (Å²) < 4.78 is 17.7. The maximum Gasteiger partial charge on any atom is 0.314 e. The van der Waals surface area contributed by atoms with E-state index in [4.69, 9.17) is 14.2 Å². The molecule has 2 aliphatic rings. The lowest BCUT2D eigenvalue weighted by Gasteiger charge is -2.46. The van der Waals surface area contributed by atoms with E-state index in [1.165, 1.54) is 0 Å². The average Bonchev–Trinajstić information content (AvgIpc) is 2.68. The van der Waals surface area contributed by atoms with Crippen LogP contribution in [0.5, 0.6) is 0 Å². The molecule has 0 aromatic rings. The molecule has 0 aromatic heterocycles. The molecule has 5 nitrogen and oxygen atoms in total. The Morgan fingerprint density at radius 1 is 1.06 bits per heavy atom. The van der Waals surface area contributed by atoms with E-state index >= 15 is 0 Å². The van der Waals surface area contributed by atoms with Crippen molar-refractivity contribution in [3.05, 3.63) is 47.6 Å². The average molecular weight is 431 g/mol. The van der Waals surface area contributed by atoms with Gasteiger partial charge in [-0.2, -0.15) is 0 Å². The first kappa shape index (κ1) is 25.3. The fourth-order valence-electron chi connectivity index (χ4n) is 3.97. The van der Waals surface area contributed by atoms with Gasteiger partial charge in [0.25, 0.3) is 0 Å². The molecule has 2 bridgehead atoms. The Morgan fingerprint density at radius 2 is 1.77 bits per heavy atom. The maximum atomic E-state index is 13.0. The van der Waals surface area contributed by atoms with Crippen LogP contribution >= 0.6 is 0 Å². The largest absolute Gasteiger partial charge is 0.465 e. The van der Waals surface area contributed by atoms with Crippen LogP contribution in [0, 0.1) is 5.41 Å². The molecule has 5 heteroatoms. The summed E-state index contributed by atoms with van der Waals surface area (Å²) in [5, 5.41) is 0. The molecular weight excluding hydrogens is 392 g/mol. The third-order valence-electron chi connectivity index (χ3n) is 5.80. The minimum atomic E-state index is -0.900. The molecule has 1 aliphatic carbocycles. The summed E-state index contributed by atoms with van der Waals surface area (Å²) in [6.45, 7) is 11.7. The van der Waals surface area contributed by atoms with Gasteiger partial charge in [-0.3, -0.25) is 9.59 Å². The van der Waals surface area contributed by atoms with E-state index < -0.39 is 17.3 Å². The molecule has 0 N–H and O–H groups in total. The van der Waals surface area contributed by atoms with Crippen molar-refractivity contribution in [3.63, 3.8) is 0 Å². The smallest absolute Gasteiger partial charge is 0.314 e. The Morgan fingerprint density at radius 3 is 2.48 bits per heavy atom. The van der Waals surface area contributed by atoms with Crippen molar-refractivity contribution in [1.82, 2.24) is 0 Å². The van der Waals surface area contributed by atoms with Crippen molar-refractivity contribution >= 4 is 11.8 Å². The molecule has 1 heterocycles. The highest BCUT2D eigenvalue weighted by Gasteiger charge is 2.49. The lowest BCUT2D eigenvalue weighted by molar-refractivity contribution is -0.315. The van der Waals surface area contributed by atoms with Gasteiger partial charge in [0.05, 0.1) is 24.2 Å². The molecule has 0 radical (unpaired) electrons. The van der Waals surface area contributed by atoms with Crippen molar-refractivity contribution in [2.45, 2.75) is 91.6 Å². The number of hydrogen-bond donors (Lipinski definition) is 0. The molecule has 1 aliphatic heterocycles. The summed E-state index contributed by atoms with van der Waals surface area (Å²) in [6.07, 6.45) is 14.2. The number of carbonyl (C=O) groups excluding carboxylic acids is 2. The van der Waals surface area contributed by atoms with Crippen LogP contribution in [-0.2, 0) is 23.8 Å². The standard InChI is InChI=1S/C26H38O5/c1-7-29-24(28)26(6)16-15-20(3)12-10-8-9-11-19(2)13-14-21(27)17-22-18-23(26)31-25(4,5)30-22/h10-15,22-23H,7-9,16-18H2,1-6H3/b12-10-,14-13-,19-11-,20-15-/t22-,23-,26+/m0/s1. The van der Waals surface area contributed by atoms with Crippen LogP contribution in [-0.4, -0.2) is 36.4 Å². The van der Waals surface area contributed by atoms with E-state index in [1.807, 2.05) is 47.6 Å². The topological polar surface area (TPSA) is 61.8 Å². The van der Waals surface area contributed by atoms with Crippen molar-refractivity contribution in [3.8, 4) is 0 Å². The second-order valence-corrected chi connectivity index (χ2v) is 9.20. The van der Waals surface area contributed by atoms with Gasteiger partial charge in [0, 0.05) is 12.8 Å². The number of ketones is 1. The van der Waals surface area contributed by atoms with Crippen molar-refractivity contribution in [1.29, 1.82) is 0 Å². The Labute approximate surface area is 187 Å². The third kappa shape index (κ3) is 7.58. The molecule has 0 spiro atoms. The van der Waals surface area contributed by atoms with E-state index in [0.717, 1.165) is 24.0 Å². The van der Waals surface area contributed by atoms with E-state index in [-0.39, 0.29) is 24.3 Å². The zero-order valence-corrected chi connectivity index (χ0v) is 19.9. The Balaban J connectivity index is 2.42. The molecule has 3 atom stereocenters. The molecular formula is C26H38O5. The highest BCUT2D eigenvalue weighted by molar-refractivity contribution is 5.90. The van der Waals surface area contributed by atoms with Crippen LogP contribution in [0.3, 0.4) is 0 Å². The molecule has 1 fully saturated rings. The van der Waals surface area contributed by atoms with Crippen LogP contribution in [0.2, 0.25) is 0 Å². The number of esters is 1. The van der Waals surface area contributed by atoms with Crippen LogP contribution < -0.4 is 0 Å². The maximum absolute atomic E-state index is 13.0. The molecule has 0 aromatic carbocycles. The van der Waals surface area contributed by atoms with Gasteiger partial charge < -0.3 is 14.2 Å². The summed E-state index contributed by atoms with van der Waals surface area (Å²) in [4.78, 5) is 25.6. The van der Waals surface area contributed by atoms with E-state index in [2.05, 4.69) is 24.3 Å². The summed E-state index contributed by atoms with van der Waals surface area (Å²) >= 11 is 0. The Bertz CT molecular complexity index is 771. The predicted octanol–water partition coefficient (Wildman–Crippen LogP) is 5.61. The van der Waals surface area contributed by atoms with E-state index in [0.29, 0.717) is 19.4 Å². The SMILES string of the molecule is CCOC(=O)[C@]1(C)C/C=C(C)\C=C/CC/C=C(C)\C=C/C(=O)C[C@H]2C[C@@H]1OC(C)(C)O2. The molecule has 172 valence electrons. The van der Waals surface area contributed by atoms with Gasteiger partial charge in [0.2, 0.25) is 0 Å². The lowest BCUT2D eigenvalue weighted by Crippen LogP contribution is -2.53. The summed E-state index contributed by atoms with van der Waals surface area (Å²) in [5.74, 6) is -1.18. The second kappa shape index (κ2) is 11.1. The van der Waals surface area contributed by atoms with Crippen LogP contribution in [0.25, 0.3) is 0 Å². The minimum absolute atomic E-state index is 0.00647. The Kier molecular flexibility index (Phi) is 9.01. The number of ether oxygens (including phenoxy) is 3. The number of hydrogen-bond acceptors (Lipinski definition) is 5. The van der Waals surface area contributed by atoms with Gasteiger partial charge in [0.1, 0.15) is 0 Å². The molecule has 0 saturated carbocycles. The monoisotopic (exact) mass is 430 g/mol. The van der Waals surface area contributed by atoms with Gasteiger partial charge in [-0.25, -0.2) is 0 Å². The number of rotatable bonds is 2. The summed E-state index contributed by atoms with van der Waals surface area (Å²) in [6, 6.07) is 0. The molecule has 2 rings (SSSR count). The van der Waals surface area contributed by atoms with Crippen molar-refractivity contribution < 1.29 is 23.8 Å². The van der Waals surface area contributed by atoms with Crippen molar-refractivity contribution in [2.75, 3.05) is 6.61 Å². The van der Waals surface area contributed by atoms with Crippen LogP contribution in [0.4, 0.5) is 0 Å². The zero-order chi connectivity index (χ0) is 23.1. The van der Waals surface area contributed by atoms with Gasteiger partial charge in [0.15, 0.2) is 11.6 Å². The molecule has 1 saturated heterocycles. The fraction of sp³-hybridized carbons (Fsp3) is 0.615. The van der Waals surface area contributed by atoms with E-state index in [1.54, 1.807) is 6.08 Å². The predicted molar refractivity (Wildman–Crippen MR) is 122 cm³/mol. The van der Waals surface area contributed by atoms with Gasteiger partial charge in [-0.1, -0.05) is 41.5 Å². The second-order valence-electron chi connectivity index (χ2n) is 9.20. The Hall–Kier alpha value is -1.98. The highest BCUT2D eigenvalue weighted by Crippen LogP contribution is 2.41. The summed E-state index contributed by atoms with van der Waals surface area (Å²) in [7, 11) is 0. The fourth-order valence-corrected chi connectivity index (χ4v) is 3.97. The van der Waals surface area contributed by atoms with E-state index in [9.17, 15) is 9.59 Å². The van der Waals surface area contributed by atoms with Crippen molar-refractivity contribution in [2.24, 2.45) is 5.41 Å². The number of fused-ring (bicyclic) bond motifs is 2. The van der Waals surface area contributed by atoms with Gasteiger partial charge in [-0.05, 0) is 66.9 Å². The summed E-state index contributed by atoms with van der Waals surface area (Å²) in [5.41, 5.74) is 1.29. The van der Waals surface area contributed by atoms with Gasteiger partial charge >= 0.3 is 5.97 Å². The molecule has 0 amide bonds. The first-order valence-electron chi connectivity index (χ1n) is 11.3. The quantitative estimate of drug-likeness (QED) is 0.533. The first-order valence-corrected chi connectivity index (χ1v) is 11.3. The van der Waals surface area contributed by atoms with Crippen LogP contribution in [0.1, 0.15) is 73.6 Å². The number of carbonyl (C=O) groups is 2. The van der Waals surface area contributed by atoms with Gasteiger partial charge in [-0.15, -0.1) is 0 Å². The lowest BCUT2D eigenvalue weighted by atomic mass is 9.77. The van der Waals surface area contributed by atoms with Crippen LogP contribution in [0.15, 0.2) is 47.6 Å². The normalized spacial score (nSPS) is 35.6. The minimum Gasteiger partial charge on any atom is -0.465 e. The first-order chi connectivity index (χ1) is 14.6. The number of allylic oxidation sites excluding steroid dienone is 8. The third-order valence-corrected chi connectivity index (χ3v) is 5.80. The zero-order valence-electron chi connectivity index (χ0n) is 19.9.